The van der Waals surface area contributed by atoms with Crippen LogP contribution in [0.15, 0.2) is 54.9 Å². The van der Waals surface area contributed by atoms with E-state index in [9.17, 15) is 4.79 Å². The Morgan fingerprint density at radius 1 is 1.14 bits per heavy atom. The predicted octanol–water partition coefficient (Wildman–Crippen LogP) is 6.02. The first-order chi connectivity index (χ1) is 17.4. The number of ether oxygens (including phenoxy) is 2. The Kier molecular flexibility index (Phi) is 10.4. The summed E-state index contributed by atoms with van der Waals surface area (Å²) in [6, 6.07) is 14.8. The number of benzene rings is 2. The number of methoxy groups -OCH3 is 1. The third-order valence-corrected chi connectivity index (χ3v) is 6.63. The molecule has 1 heterocycles. The number of hydrogen-bond acceptors (Lipinski definition) is 5. The standard InChI is InChI=1S/C29H40N4O3/c1-6-22(3)25-10-8-24(9-11-25)21-33-16-15-30-28(33)14-18-36-29(34)31-27-13-12-26(20-23(27)4)32(7-2)17-19-35-5/h8-13,15-16,20,22H,6-7,14,17-19,21H2,1-5H3,(H,31,34). The molecule has 1 aromatic heterocycles. The Labute approximate surface area is 215 Å². The normalized spacial score (nSPS) is 11.8. The molecule has 3 rings (SSSR count). The van der Waals surface area contributed by atoms with Crippen molar-refractivity contribution < 1.29 is 14.3 Å². The molecule has 7 heteroatoms. The van der Waals surface area contributed by atoms with E-state index in [0.717, 1.165) is 48.8 Å². The SMILES string of the molecule is CCC(C)c1ccc(Cn2ccnc2CCOC(=O)Nc2ccc(N(CC)CCOC)cc2C)cc1. The second-order valence-electron chi connectivity index (χ2n) is 9.10. The van der Waals surface area contributed by atoms with Crippen molar-refractivity contribution in [3.63, 3.8) is 0 Å². The lowest BCUT2D eigenvalue weighted by molar-refractivity contribution is 0.162. The maximum atomic E-state index is 12.4. The highest BCUT2D eigenvalue weighted by Gasteiger charge is 2.11. The molecule has 0 fully saturated rings. The first-order valence-corrected chi connectivity index (χ1v) is 12.8. The average molecular weight is 493 g/mol. The van der Waals surface area contributed by atoms with E-state index in [1.165, 1.54) is 11.1 Å². The molecule has 3 aromatic rings. The molecule has 0 aliphatic carbocycles. The maximum Gasteiger partial charge on any atom is 0.411 e. The van der Waals surface area contributed by atoms with Gasteiger partial charge in [0.25, 0.3) is 0 Å². The molecule has 1 amide bonds. The smallest absolute Gasteiger partial charge is 0.411 e. The van der Waals surface area contributed by atoms with Crippen LogP contribution in [0.25, 0.3) is 0 Å². The fourth-order valence-electron chi connectivity index (χ4n) is 4.13. The topological polar surface area (TPSA) is 68.6 Å². The number of anilines is 2. The van der Waals surface area contributed by atoms with E-state index in [1.807, 2.05) is 25.3 Å². The van der Waals surface area contributed by atoms with Crippen molar-refractivity contribution in [3.8, 4) is 0 Å². The number of likely N-dealkylation sites (N-methyl/N-ethyl adjacent to an activating group) is 1. The third-order valence-electron chi connectivity index (χ3n) is 6.63. The summed E-state index contributed by atoms with van der Waals surface area (Å²) in [5.41, 5.74) is 5.42. The van der Waals surface area contributed by atoms with Gasteiger partial charge in [-0.3, -0.25) is 5.32 Å². The molecule has 1 N–H and O–H groups in total. The van der Waals surface area contributed by atoms with E-state index in [4.69, 9.17) is 9.47 Å². The number of aromatic nitrogens is 2. The number of aryl methyl sites for hydroxylation is 1. The molecule has 0 bridgehead atoms. The molecule has 0 saturated heterocycles. The van der Waals surface area contributed by atoms with Crippen LogP contribution in [-0.2, 0) is 22.4 Å². The molecule has 0 aliphatic rings. The lowest BCUT2D eigenvalue weighted by Gasteiger charge is -2.23. The van der Waals surface area contributed by atoms with Crippen LogP contribution in [0.5, 0.6) is 0 Å². The van der Waals surface area contributed by atoms with Crippen molar-refractivity contribution in [1.29, 1.82) is 0 Å². The van der Waals surface area contributed by atoms with Crippen molar-refractivity contribution in [2.45, 2.75) is 53.0 Å². The van der Waals surface area contributed by atoms with Gasteiger partial charge in [0.15, 0.2) is 0 Å². The van der Waals surface area contributed by atoms with Crippen LogP contribution in [0.1, 0.15) is 55.6 Å². The minimum atomic E-state index is -0.462. The molecule has 2 aromatic carbocycles. The molecule has 0 saturated carbocycles. The molecule has 0 radical (unpaired) electrons. The first-order valence-electron chi connectivity index (χ1n) is 12.8. The molecule has 0 spiro atoms. The van der Waals surface area contributed by atoms with Crippen LogP contribution in [-0.4, -0.2) is 49.1 Å². The number of nitrogens with one attached hydrogen (secondary N) is 1. The van der Waals surface area contributed by atoms with E-state index >= 15 is 0 Å². The number of nitrogens with zero attached hydrogens (tertiary/aromatic N) is 3. The fourth-order valence-corrected chi connectivity index (χ4v) is 4.13. The van der Waals surface area contributed by atoms with Crippen LogP contribution < -0.4 is 10.2 Å². The zero-order valence-corrected chi connectivity index (χ0v) is 22.3. The van der Waals surface area contributed by atoms with E-state index in [0.29, 0.717) is 18.9 Å². The summed E-state index contributed by atoms with van der Waals surface area (Å²) < 4.78 is 12.8. The van der Waals surface area contributed by atoms with Gasteiger partial charge in [-0.15, -0.1) is 0 Å². The average Bonchev–Trinajstić information content (AvgIpc) is 3.32. The predicted molar refractivity (Wildman–Crippen MR) is 146 cm³/mol. The quantitative estimate of drug-likeness (QED) is 0.316. The molecular formula is C29H40N4O3. The van der Waals surface area contributed by atoms with Crippen LogP contribution in [0.3, 0.4) is 0 Å². The number of rotatable bonds is 13. The second kappa shape index (κ2) is 13.7. The zero-order chi connectivity index (χ0) is 25.9. The van der Waals surface area contributed by atoms with E-state index in [1.54, 1.807) is 13.3 Å². The molecule has 36 heavy (non-hydrogen) atoms. The second-order valence-corrected chi connectivity index (χ2v) is 9.10. The van der Waals surface area contributed by atoms with Gasteiger partial charge >= 0.3 is 6.09 Å². The van der Waals surface area contributed by atoms with Gasteiger partial charge in [-0.05, 0) is 61.1 Å². The number of carbonyl (C=O) groups excluding carboxylic acids is 1. The Bertz CT molecular complexity index is 1090. The van der Waals surface area contributed by atoms with Crippen molar-refractivity contribution in [1.82, 2.24) is 9.55 Å². The Morgan fingerprint density at radius 2 is 1.92 bits per heavy atom. The van der Waals surface area contributed by atoms with Crippen LogP contribution >= 0.6 is 0 Å². The van der Waals surface area contributed by atoms with Crippen molar-refractivity contribution in [2.24, 2.45) is 0 Å². The van der Waals surface area contributed by atoms with Crippen molar-refractivity contribution in [3.05, 3.63) is 77.4 Å². The maximum absolute atomic E-state index is 12.4. The van der Waals surface area contributed by atoms with Gasteiger partial charge in [0.1, 0.15) is 12.4 Å². The lowest BCUT2D eigenvalue weighted by Crippen LogP contribution is -2.26. The molecule has 0 aliphatic heterocycles. The Morgan fingerprint density at radius 3 is 2.58 bits per heavy atom. The van der Waals surface area contributed by atoms with Gasteiger partial charge in [-0.2, -0.15) is 0 Å². The summed E-state index contributed by atoms with van der Waals surface area (Å²) in [6.07, 6.45) is 4.98. The molecule has 194 valence electrons. The minimum absolute atomic E-state index is 0.258. The largest absolute Gasteiger partial charge is 0.449 e. The lowest BCUT2D eigenvalue weighted by atomic mass is 9.98. The molecule has 7 nitrogen and oxygen atoms in total. The number of amides is 1. The summed E-state index contributed by atoms with van der Waals surface area (Å²) in [5.74, 6) is 1.46. The summed E-state index contributed by atoms with van der Waals surface area (Å²) in [7, 11) is 1.71. The van der Waals surface area contributed by atoms with Crippen LogP contribution in [0.4, 0.5) is 16.2 Å². The number of imidazole rings is 1. The molecule has 1 unspecified atom stereocenters. The van der Waals surface area contributed by atoms with Gasteiger partial charge in [0.05, 0.1) is 6.61 Å². The molecular weight excluding hydrogens is 452 g/mol. The summed E-state index contributed by atoms with van der Waals surface area (Å²) in [4.78, 5) is 19.1. The number of carbonyl (C=O) groups is 1. The van der Waals surface area contributed by atoms with Crippen molar-refractivity contribution >= 4 is 17.5 Å². The fraction of sp³-hybridized carbons (Fsp3) is 0.448. The minimum Gasteiger partial charge on any atom is -0.449 e. The summed E-state index contributed by atoms with van der Waals surface area (Å²) in [5, 5.41) is 2.86. The highest BCUT2D eigenvalue weighted by molar-refractivity contribution is 5.86. The summed E-state index contributed by atoms with van der Waals surface area (Å²) >= 11 is 0. The van der Waals surface area contributed by atoms with Crippen molar-refractivity contribution in [2.75, 3.05) is 43.6 Å². The van der Waals surface area contributed by atoms with E-state index in [-0.39, 0.29) is 6.61 Å². The van der Waals surface area contributed by atoms with E-state index in [2.05, 4.69) is 70.9 Å². The first kappa shape index (κ1) is 27.3. The highest BCUT2D eigenvalue weighted by atomic mass is 16.5. The van der Waals surface area contributed by atoms with Gasteiger partial charge < -0.3 is 18.9 Å². The monoisotopic (exact) mass is 492 g/mol. The number of hydrogen-bond donors (Lipinski definition) is 1. The van der Waals surface area contributed by atoms with Gasteiger partial charge in [-0.25, -0.2) is 9.78 Å². The highest BCUT2D eigenvalue weighted by Crippen LogP contribution is 2.23. The molecule has 1 atom stereocenters. The Balaban J connectivity index is 1.50. The van der Waals surface area contributed by atoms with Gasteiger partial charge in [-0.1, -0.05) is 38.1 Å². The third kappa shape index (κ3) is 7.59. The Hall–Kier alpha value is -3.32. The summed E-state index contributed by atoms with van der Waals surface area (Å²) in [6.45, 7) is 11.9. The zero-order valence-electron chi connectivity index (χ0n) is 22.3. The van der Waals surface area contributed by atoms with Crippen LogP contribution in [0.2, 0.25) is 0 Å². The van der Waals surface area contributed by atoms with Gasteiger partial charge in [0, 0.05) is 56.9 Å². The van der Waals surface area contributed by atoms with E-state index < -0.39 is 6.09 Å². The van der Waals surface area contributed by atoms with Gasteiger partial charge in [0.2, 0.25) is 0 Å². The van der Waals surface area contributed by atoms with Crippen LogP contribution in [0, 0.1) is 6.92 Å².